The van der Waals surface area contributed by atoms with Crippen LogP contribution in [0.1, 0.15) is 5.56 Å². The van der Waals surface area contributed by atoms with Crippen LogP contribution < -0.4 is 5.32 Å². The lowest BCUT2D eigenvalue weighted by Crippen LogP contribution is -2.04. The molecule has 0 bridgehead atoms. The molecule has 0 radical (unpaired) electrons. The molecule has 2 aromatic rings. The van der Waals surface area contributed by atoms with Crippen LogP contribution in [0.4, 0.5) is 20.3 Å². The highest BCUT2D eigenvalue weighted by atomic mass is 35.5. The molecule has 104 valence electrons. The third-order valence-electron chi connectivity index (χ3n) is 2.46. The van der Waals surface area contributed by atoms with Crippen molar-refractivity contribution in [3.05, 3.63) is 62.8 Å². The SMILES string of the molecule is O=[N+]([O-])c1cc(Cl)nc(NCc2cc(F)ccc2F)c1. The lowest BCUT2D eigenvalue weighted by Gasteiger charge is -2.07. The third kappa shape index (κ3) is 3.39. The number of rotatable bonds is 4. The zero-order chi connectivity index (χ0) is 14.7. The Morgan fingerprint density at radius 2 is 2.05 bits per heavy atom. The lowest BCUT2D eigenvalue weighted by atomic mass is 10.2. The zero-order valence-corrected chi connectivity index (χ0v) is 10.7. The van der Waals surface area contributed by atoms with E-state index < -0.39 is 16.6 Å². The van der Waals surface area contributed by atoms with E-state index in [-0.39, 0.29) is 28.8 Å². The molecular formula is C12H8ClF2N3O2. The summed E-state index contributed by atoms with van der Waals surface area (Å²) in [6.07, 6.45) is 0. The van der Waals surface area contributed by atoms with E-state index >= 15 is 0 Å². The van der Waals surface area contributed by atoms with Gasteiger partial charge >= 0.3 is 0 Å². The minimum Gasteiger partial charge on any atom is -0.366 e. The zero-order valence-electron chi connectivity index (χ0n) is 9.94. The first-order valence-electron chi connectivity index (χ1n) is 5.45. The van der Waals surface area contributed by atoms with Crippen molar-refractivity contribution in [2.24, 2.45) is 0 Å². The predicted molar refractivity (Wildman–Crippen MR) is 69.6 cm³/mol. The summed E-state index contributed by atoms with van der Waals surface area (Å²) in [5.74, 6) is -1.06. The second-order valence-corrected chi connectivity index (χ2v) is 4.27. The molecule has 0 spiro atoms. The first-order valence-corrected chi connectivity index (χ1v) is 5.83. The van der Waals surface area contributed by atoms with Crippen molar-refractivity contribution in [3.8, 4) is 0 Å². The molecule has 0 amide bonds. The molecule has 0 fully saturated rings. The number of hydrogen-bond acceptors (Lipinski definition) is 4. The molecule has 1 aromatic carbocycles. The number of nitrogens with one attached hydrogen (secondary N) is 1. The van der Waals surface area contributed by atoms with E-state index in [9.17, 15) is 18.9 Å². The molecule has 0 saturated heterocycles. The highest BCUT2D eigenvalue weighted by Crippen LogP contribution is 2.21. The number of benzene rings is 1. The number of aromatic nitrogens is 1. The monoisotopic (exact) mass is 299 g/mol. The molecule has 1 heterocycles. The lowest BCUT2D eigenvalue weighted by molar-refractivity contribution is -0.384. The number of nitro groups is 1. The van der Waals surface area contributed by atoms with Crippen molar-refractivity contribution >= 4 is 23.1 Å². The smallest absolute Gasteiger partial charge is 0.276 e. The molecule has 0 saturated carbocycles. The second kappa shape index (κ2) is 5.79. The normalized spacial score (nSPS) is 10.3. The average Bonchev–Trinajstić information content (AvgIpc) is 2.39. The first kappa shape index (κ1) is 14.1. The van der Waals surface area contributed by atoms with Crippen LogP contribution in [0.25, 0.3) is 0 Å². The Morgan fingerprint density at radius 1 is 1.30 bits per heavy atom. The fraction of sp³-hybridized carbons (Fsp3) is 0.0833. The van der Waals surface area contributed by atoms with Crippen molar-refractivity contribution in [1.29, 1.82) is 0 Å². The van der Waals surface area contributed by atoms with Crippen LogP contribution >= 0.6 is 11.6 Å². The van der Waals surface area contributed by atoms with Gasteiger partial charge in [0.05, 0.1) is 17.1 Å². The Morgan fingerprint density at radius 3 is 2.75 bits per heavy atom. The predicted octanol–water partition coefficient (Wildman–Crippen LogP) is 3.53. The summed E-state index contributed by atoms with van der Waals surface area (Å²) >= 11 is 5.64. The van der Waals surface area contributed by atoms with Crippen LogP contribution in [-0.2, 0) is 6.54 Å². The Labute approximate surface area is 117 Å². The largest absolute Gasteiger partial charge is 0.366 e. The van der Waals surface area contributed by atoms with Crippen LogP contribution in [0.3, 0.4) is 0 Å². The van der Waals surface area contributed by atoms with Gasteiger partial charge in [0.1, 0.15) is 22.6 Å². The highest BCUT2D eigenvalue weighted by molar-refractivity contribution is 6.29. The molecule has 8 heteroatoms. The summed E-state index contributed by atoms with van der Waals surface area (Å²) in [4.78, 5) is 13.9. The van der Waals surface area contributed by atoms with Gasteiger partial charge in [0.2, 0.25) is 0 Å². The van der Waals surface area contributed by atoms with Crippen molar-refractivity contribution in [3.63, 3.8) is 0 Å². The maximum atomic E-state index is 13.4. The average molecular weight is 300 g/mol. The summed E-state index contributed by atoms with van der Waals surface area (Å²) in [6.45, 7) is -0.0753. The topological polar surface area (TPSA) is 68.1 Å². The van der Waals surface area contributed by atoms with Gasteiger partial charge in [-0.25, -0.2) is 13.8 Å². The van der Waals surface area contributed by atoms with Crippen LogP contribution in [0.5, 0.6) is 0 Å². The maximum Gasteiger partial charge on any atom is 0.276 e. The fourth-order valence-electron chi connectivity index (χ4n) is 1.54. The number of nitrogens with zero attached hydrogens (tertiary/aromatic N) is 2. The van der Waals surface area contributed by atoms with Crippen molar-refractivity contribution in [2.75, 3.05) is 5.32 Å². The van der Waals surface area contributed by atoms with Crippen LogP contribution in [-0.4, -0.2) is 9.91 Å². The molecule has 5 nitrogen and oxygen atoms in total. The van der Waals surface area contributed by atoms with E-state index in [1.807, 2.05) is 0 Å². The Balaban J connectivity index is 2.18. The Kier molecular flexibility index (Phi) is 4.09. The van der Waals surface area contributed by atoms with Crippen LogP contribution in [0.2, 0.25) is 5.15 Å². The Bertz CT molecular complexity index is 667. The van der Waals surface area contributed by atoms with Gasteiger partial charge < -0.3 is 5.32 Å². The van der Waals surface area contributed by atoms with E-state index in [2.05, 4.69) is 10.3 Å². The highest BCUT2D eigenvalue weighted by Gasteiger charge is 2.11. The molecule has 0 aliphatic rings. The molecule has 1 aromatic heterocycles. The number of halogens is 3. The summed E-state index contributed by atoms with van der Waals surface area (Å²) in [5.41, 5.74) is -0.165. The van der Waals surface area contributed by atoms with E-state index in [1.165, 1.54) is 0 Å². The second-order valence-electron chi connectivity index (χ2n) is 3.88. The van der Waals surface area contributed by atoms with Gasteiger partial charge in [-0.2, -0.15) is 0 Å². The Hall–Kier alpha value is -2.28. The van der Waals surface area contributed by atoms with Gasteiger partial charge in [-0.1, -0.05) is 11.6 Å². The van der Waals surface area contributed by atoms with Gasteiger partial charge in [-0.3, -0.25) is 10.1 Å². The van der Waals surface area contributed by atoms with E-state index in [0.29, 0.717) is 0 Å². The van der Waals surface area contributed by atoms with Crippen molar-refractivity contribution < 1.29 is 13.7 Å². The van der Waals surface area contributed by atoms with Gasteiger partial charge in [0.25, 0.3) is 5.69 Å². The minimum atomic E-state index is -0.624. The van der Waals surface area contributed by atoms with Crippen LogP contribution in [0, 0.1) is 21.7 Å². The quantitative estimate of drug-likeness (QED) is 0.533. The summed E-state index contributed by atoms with van der Waals surface area (Å²) in [5, 5.41) is 13.3. The summed E-state index contributed by atoms with van der Waals surface area (Å²) in [6, 6.07) is 5.28. The number of pyridine rings is 1. The number of hydrogen-bond donors (Lipinski definition) is 1. The standard InChI is InChI=1S/C12H8ClF2N3O2/c13-11-4-9(18(19)20)5-12(17-11)16-6-7-3-8(14)1-2-10(7)15/h1-5H,6H2,(H,16,17). The van der Waals surface area contributed by atoms with Crippen LogP contribution in [0.15, 0.2) is 30.3 Å². The van der Waals surface area contributed by atoms with E-state index in [0.717, 1.165) is 30.3 Å². The van der Waals surface area contributed by atoms with Crippen molar-refractivity contribution in [1.82, 2.24) is 4.98 Å². The van der Waals surface area contributed by atoms with Crippen molar-refractivity contribution in [2.45, 2.75) is 6.54 Å². The van der Waals surface area contributed by atoms with E-state index in [1.54, 1.807) is 0 Å². The molecule has 20 heavy (non-hydrogen) atoms. The fourth-order valence-corrected chi connectivity index (χ4v) is 1.75. The van der Waals surface area contributed by atoms with E-state index in [4.69, 9.17) is 11.6 Å². The van der Waals surface area contributed by atoms with Gasteiger partial charge in [-0.05, 0) is 18.2 Å². The summed E-state index contributed by atoms with van der Waals surface area (Å²) in [7, 11) is 0. The minimum absolute atomic E-state index is 0.0681. The van der Waals surface area contributed by atoms with Gasteiger partial charge in [0.15, 0.2) is 0 Å². The van der Waals surface area contributed by atoms with Gasteiger partial charge in [0, 0.05) is 12.1 Å². The molecule has 0 unspecified atom stereocenters. The summed E-state index contributed by atoms with van der Waals surface area (Å²) < 4.78 is 26.4. The number of anilines is 1. The molecule has 2 rings (SSSR count). The molecular weight excluding hydrogens is 292 g/mol. The first-order chi connectivity index (χ1) is 9.45. The third-order valence-corrected chi connectivity index (χ3v) is 2.65. The molecule has 0 aliphatic heterocycles. The molecule has 1 N–H and O–H groups in total. The molecule has 0 atom stereocenters. The molecule has 0 aliphatic carbocycles. The van der Waals surface area contributed by atoms with Gasteiger partial charge in [-0.15, -0.1) is 0 Å². The maximum absolute atomic E-state index is 13.4.